The number of ether oxygens (including phenoxy) is 1. The molecule has 0 aliphatic rings. The Kier molecular flexibility index (Phi) is 9.17. The summed E-state index contributed by atoms with van der Waals surface area (Å²) < 4.78 is 5.88. The van der Waals surface area contributed by atoms with Crippen LogP contribution in [0.1, 0.15) is 40.1 Å². The molecule has 0 spiro atoms. The summed E-state index contributed by atoms with van der Waals surface area (Å²) in [5, 5.41) is 5.81. The van der Waals surface area contributed by atoms with Gasteiger partial charge in [0.2, 0.25) is 0 Å². The highest BCUT2D eigenvalue weighted by atomic mass is 32.1. The van der Waals surface area contributed by atoms with Crippen molar-refractivity contribution in [3.8, 4) is 5.75 Å². The quantitative estimate of drug-likeness (QED) is 0.430. The second kappa shape index (κ2) is 12.5. The minimum atomic E-state index is -0.372. The van der Waals surface area contributed by atoms with Gasteiger partial charge in [0.15, 0.2) is 5.11 Å². The molecule has 2 N–H and O–H groups in total. The highest BCUT2D eigenvalue weighted by molar-refractivity contribution is 7.80. The lowest BCUT2D eigenvalue weighted by molar-refractivity contribution is 0.0772. The Morgan fingerprint density at radius 2 is 1.62 bits per heavy atom. The topological polar surface area (TPSA) is 70.7 Å². The first kappa shape index (κ1) is 24.9. The van der Waals surface area contributed by atoms with Gasteiger partial charge in [0, 0.05) is 30.8 Å². The fourth-order valence-corrected chi connectivity index (χ4v) is 3.67. The molecule has 0 heterocycles. The molecule has 0 bridgehead atoms. The lowest BCUT2D eigenvalue weighted by Gasteiger charge is -2.19. The van der Waals surface area contributed by atoms with Crippen LogP contribution in [-0.2, 0) is 6.42 Å². The van der Waals surface area contributed by atoms with Gasteiger partial charge in [0.1, 0.15) is 5.75 Å². The predicted molar refractivity (Wildman–Crippen MR) is 139 cm³/mol. The van der Waals surface area contributed by atoms with Crippen molar-refractivity contribution in [2.24, 2.45) is 0 Å². The van der Waals surface area contributed by atoms with Crippen molar-refractivity contribution in [3.63, 3.8) is 0 Å². The molecule has 0 unspecified atom stereocenters. The van der Waals surface area contributed by atoms with Crippen molar-refractivity contribution < 1.29 is 14.3 Å². The van der Waals surface area contributed by atoms with Gasteiger partial charge in [-0.15, -0.1) is 0 Å². The van der Waals surface area contributed by atoms with E-state index < -0.39 is 0 Å². The molecule has 0 aliphatic carbocycles. The Hall–Kier alpha value is -3.71. The SMILES string of the molecule is CCN(CC)C(=O)c1cccc(NC(=S)NC(=O)c2ccccc2OCCc2ccccc2)c1. The summed E-state index contributed by atoms with van der Waals surface area (Å²) in [5.74, 6) is 0.0684. The fraction of sp³-hybridized carbons (Fsp3) is 0.222. The number of thiocarbonyl (C=S) groups is 1. The number of nitrogens with zero attached hydrogens (tertiary/aromatic N) is 1. The molecule has 0 atom stereocenters. The van der Waals surface area contributed by atoms with Crippen molar-refractivity contribution in [2.75, 3.05) is 25.0 Å². The number of carbonyl (C=O) groups excluding carboxylic acids is 2. The van der Waals surface area contributed by atoms with Gasteiger partial charge in [0.05, 0.1) is 12.2 Å². The average molecular weight is 476 g/mol. The van der Waals surface area contributed by atoms with Crippen LogP contribution in [0.25, 0.3) is 0 Å². The normalized spacial score (nSPS) is 10.3. The van der Waals surface area contributed by atoms with Crippen LogP contribution in [-0.4, -0.2) is 41.5 Å². The van der Waals surface area contributed by atoms with E-state index >= 15 is 0 Å². The van der Waals surface area contributed by atoms with Crippen molar-refractivity contribution in [2.45, 2.75) is 20.3 Å². The molecule has 176 valence electrons. The Bertz CT molecular complexity index is 1130. The summed E-state index contributed by atoms with van der Waals surface area (Å²) in [6.07, 6.45) is 0.735. The number of para-hydroxylation sites is 1. The monoisotopic (exact) mass is 475 g/mol. The van der Waals surface area contributed by atoms with Crippen LogP contribution in [0, 0.1) is 0 Å². The van der Waals surface area contributed by atoms with Crippen LogP contribution in [0.15, 0.2) is 78.9 Å². The Labute approximate surface area is 205 Å². The van der Waals surface area contributed by atoms with Crippen molar-refractivity contribution in [1.82, 2.24) is 10.2 Å². The first-order valence-electron chi connectivity index (χ1n) is 11.3. The van der Waals surface area contributed by atoms with Crippen LogP contribution >= 0.6 is 12.2 Å². The molecular weight excluding hydrogens is 446 g/mol. The van der Waals surface area contributed by atoms with Gasteiger partial charge in [0.25, 0.3) is 11.8 Å². The summed E-state index contributed by atoms with van der Waals surface area (Å²) in [5.41, 5.74) is 2.73. The number of benzene rings is 3. The van der Waals surface area contributed by atoms with Crippen LogP contribution in [0.2, 0.25) is 0 Å². The molecule has 34 heavy (non-hydrogen) atoms. The van der Waals surface area contributed by atoms with E-state index in [9.17, 15) is 9.59 Å². The maximum atomic E-state index is 12.9. The van der Waals surface area contributed by atoms with E-state index in [1.165, 1.54) is 0 Å². The van der Waals surface area contributed by atoms with Crippen molar-refractivity contribution in [3.05, 3.63) is 95.6 Å². The Balaban J connectivity index is 1.60. The second-order valence-corrected chi connectivity index (χ2v) is 7.95. The molecule has 3 aromatic carbocycles. The Morgan fingerprint density at radius 3 is 2.35 bits per heavy atom. The van der Waals surface area contributed by atoms with E-state index in [2.05, 4.69) is 10.6 Å². The van der Waals surface area contributed by atoms with Crippen molar-refractivity contribution >= 4 is 34.8 Å². The summed E-state index contributed by atoms with van der Waals surface area (Å²) in [6, 6.07) is 24.1. The zero-order valence-electron chi connectivity index (χ0n) is 19.4. The predicted octanol–water partition coefficient (Wildman–Crippen LogP) is 4.92. The standard InChI is InChI=1S/C27H29N3O3S/c1-3-30(4-2)26(32)21-13-10-14-22(19-21)28-27(34)29-25(31)23-15-8-9-16-24(23)33-18-17-20-11-6-5-7-12-20/h5-16,19H,3-4,17-18H2,1-2H3,(H2,28,29,31,34). The van der Waals surface area contributed by atoms with Gasteiger partial charge in [-0.1, -0.05) is 48.5 Å². The molecule has 0 aromatic heterocycles. The third kappa shape index (κ3) is 6.89. The largest absolute Gasteiger partial charge is 0.492 e. The van der Waals surface area contributed by atoms with Crippen LogP contribution < -0.4 is 15.4 Å². The van der Waals surface area contributed by atoms with E-state index in [0.29, 0.717) is 42.3 Å². The second-order valence-electron chi connectivity index (χ2n) is 7.55. The highest BCUT2D eigenvalue weighted by Gasteiger charge is 2.15. The third-order valence-electron chi connectivity index (χ3n) is 5.27. The molecule has 6 nitrogen and oxygen atoms in total. The van der Waals surface area contributed by atoms with Gasteiger partial charge >= 0.3 is 0 Å². The molecule has 3 aromatic rings. The number of hydrogen-bond donors (Lipinski definition) is 2. The lowest BCUT2D eigenvalue weighted by atomic mass is 10.1. The number of nitrogens with one attached hydrogen (secondary N) is 2. The molecule has 0 fully saturated rings. The highest BCUT2D eigenvalue weighted by Crippen LogP contribution is 2.19. The smallest absolute Gasteiger partial charge is 0.261 e. The summed E-state index contributed by atoms with van der Waals surface area (Å²) in [4.78, 5) is 27.2. The number of rotatable bonds is 9. The van der Waals surface area contributed by atoms with Crippen LogP contribution in [0.5, 0.6) is 5.75 Å². The molecule has 2 amide bonds. The molecule has 0 saturated carbocycles. The molecular formula is C27H29N3O3S. The van der Waals surface area contributed by atoms with E-state index in [0.717, 1.165) is 12.0 Å². The third-order valence-corrected chi connectivity index (χ3v) is 5.47. The molecule has 0 saturated heterocycles. The molecule has 0 aliphatic heterocycles. The van der Waals surface area contributed by atoms with E-state index in [-0.39, 0.29) is 16.9 Å². The summed E-state index contributed by atoms with van der Waals surface area (Å²) >= 11 is 5.33. The van der Waals surface area contributed by atoms with E-state index in [1.807, 2.05) is 50.2 Å². The average Bonchev–Trinajstić information content (AvgIpc) is 2.85. The zero-order chi connectivity index (χ0) is 24.3. The number of anilines is 1. The van der Waals surface area contributed by atoms with Crippen molar-refractivity contribution in [1.29, 1.82) is 0 Å². The number of amides is 2. The minimum absolute atomic E-state index is 0.0508. The fourth-order valence-electron chi connectivity index (χ4n) is 3.46. The van der Waals surface area contributed by atoms with E-state index in [1.54, 1.807) is 47.4 Å². The minimum Gasteiger partial charge on any atom is -0.492 e. The van der Waals surface area contributed by atoms with Crippen LogP contribution in [0.4, 0.5) is 5.69 Å². The lowest BCUT2D eigenvalue weighted by Crippen LogP contribution is -2.34. The summed E-state index contributed by atoms with van der Waals surface area (Å²) in [6.45, 7) is 5.60. The zero-order valence-corrected chi connectivity index (χ0v) is 20.2. The van der Waals surface area contributed by atoms with E-state index in [4.69, 9.17) is 17.0 Å². The first-order chi connectivity index (χ1) is 16.5. The van der Waals surface area contributed by atoms with Gasteiger partial charge in [-0.25, -0.2) is 0 Å². The number of hydrogen-bond acceptors (Lipinski definition) is 4. The molecule has 0 radical (unpaired) electrons. The molecule has 3 rings (SSSR count). The maximum Gasteiger partial charge on any atom is 0.261 e. The van der Waals surface area contributed by atoms with Gasteiger partial charge in [-0.3, -0.25) is 14.9 Å². The molecule has 7 heteroatoms. The van der Waals surface area contributed by atoms with Gasteiger partial charge < -0.3 is 15.0 Å². The number of carbonyl (C=O) groups is 2. The Morgan fingerprint density at radius 1 is 0.912 bits per heavy atom. The first-order valence-corrected chi connectivity index (χ1v) is 11.7. The van der Waals surface area contributed by atoms with Gasteiger partial charge in [-0.2, -0.15) is 0 Å². The summed E-state index contributed by atoms with van der Waals surface area (Å²) in [7, 11) is 0. The maximum absolute atomic E-state index is 12.9. The van der Waals surface area contributed by atoms with Crippen LogP contribution in [0.3, 0.4) is 0 Å². The van der Waals surface area contributed by atoms with Gasteiger partial charge in [-0.05, 0) is 62.0 Å².